The van der Waals surface area contributed by atoms with Crippen molar-refractivity contribution in [3.63, 3.8) is 0 Å². The largest absolute Gasteiger partial charge is 0.465 e. The Morgan fingerprint density at radius 2 is 2.13 bits per heavy atom. The molecular formula is C10H16O5. The number of carbonyl (C=O) groups is 1. The molecule has 1 unspecified atom stereocenters. The van der Waals surface area contributed by atoms with Gasteiger partial charge in [-0.05, 0) is 13.3 Å². The molecule has 2 fully saturated rings. The molecule has 1 atom stereocenters. The average Bonchev–Trinajstić information content (AvgIpc) is 2.64. The lowest BCUT2D eigenvalue weighted by molar-refractivity contribution is -0.245. The van der Waals surface area contributed by atoms with Gasteiger partial charge in [0.05, 0.1) is 26.4 Å². The fourth-order valence-electron chi connectivity index (χ4n) is 2.12. The van der Waals surface area contributed by atoms with Crippen LogP contribution < -0.4 is 0 Å². The zero-order valence-electron chi connectivity index (χ0n) is 8.82. The molecule has 2 heterocycles. The maximum atomic E-state index is 11.9. The predicted octanol–water partition coefficient (Wildman–Crippen LogP) is -0.283. The van der Waals surface area contributed by atoms with Crippen LogP contribution in [0.4, 0.5) is 0 Å². The van der Waals surface area contributed by atoms with E-state index >= 15 is 0 Å². The lowest BCUT2D eigenvalue weighted by atomic mass is 9.70. The Morgan fingerprint density at radius 1 is 1.40 bits per heavy atom. The molecule has 5 nitrogen and oxygen atoms in total. The molecule has 0 aromatic heterocycles. The molecule has 0 bridgehead atoms. The number of rotatable bonds is 3. The maximum absolute atomic E-state index is 11.9. The summed E-state index contributed by atoms with van der Waals surface area (Å²) < 4.78 is 15.2. The van der Waals surface area contributed by atoms with E-state index in [1.165, 1.54) is 0 Å². The Morgan fingerprint density at radius 3 is 2.53 bits per heavy atom. The van der Waals surface area contributed by atoms with Crippen LogP contribution in [0.2, 0.25) is 0 Å². The minimum atomic E-state index is -1.10. The monoisotopic (exact) mass is 216 g/mol. The smallest absolute Gasteiger partial charge is 0.317 e. The molecule has 0 amide bonds. The number of hydrogen-bond donors (Lipinski definition) is 1. The number of ether oxygens (including phenoxy) is 3. The van der Waals surface area contributed by atoms with Crippen LogP contribution in [0.5, 0.6) is 0 Å². The first-order chi connectivity index (χ1) is 7.15. The average molecular weight is 216 g/mol. The summed E-state index contributed by atoms with van der Waals surface area (Å²) in [4.78, 5) is 11.9. The van der Waals surface area contributed by atoms with Gasteiger partial charge < -0.3 is 19.3 Å². The highest BCUT2D eigenvalue weighted by molar-refractivity contribution is 5.79. The molecule has 2 aliphatic heterocycles. The van der Waals surface area contributed by atoms with E-state index in [4.69, 9.17) is 14.2 Å². The number of hydrogen-bond acceptors (Lipinski definition) is 5. The van der Waals surface area contributed by atoms with Crippen LogP contribution >= 0.6 is 0 Å². The van der Waals surface area contributed by atoms with E-state index < -0.39 is 11.0 Å². The molecule has 0 spiro atoms. The Hall–Kier alpha value is -0.650. The summed E-state index contributed by atoms with van der Waals surface area (Å²) in [5.74, 6) is -0.367. The van der Waals surface area contributed by atoms with E-state index in [-0.39, 0.29) is 25.8 Å². The maximum Gasteiger partial charge on any atom is 0.317 e. The van der Waals surface area contributed by atoms with E-state index in [1.54, 1.807) is 6.92 Å². The van der Waals surface area contributed by atoms with Gasteiger partial charge in [0.2, 0.25) is 0 Å². The third-order valence-electron chi connectivity index (χ3n) is 3.26. The molecule has 2 rings (SSSR count). The highest BCUT2D eigenvalue weighted by Gasteiger charge is 2.62. The van der Waals surface area contributed by atoms with Crippen LogP contribution in [0.25, 0.3) is 0 Å². The van der Waals surface area contributed by atoms with E-state index in [2.05, 4.69) is 0 Å². The van der Waals surface area contributed by atoms with Gasteiger partial charge in [-0.1, -0.05) is 0 Å². The van der Waals surface area contributed by atoms with Crippen molar-refractivity contribution in [1.29, 1.82) is 0 Å². The molecule has 0 aromatic carbocycles. The van der Waals surface area contributed by atoms with Gasteiger partial charge in [-0.2, -0.15) is 0 Å². The normalized spacial score (nSPS) is 33.5. The summed E-state index contributed by atoms with van der Waals surface area (Å²) in [6.45, 7) is 3.16. The van der Waals surface area contributed by atoms with Crippen LogP contribution in [0.15, 0.2) is 0 Å². The number of aliphatic hydroxyl groups is 1. The zero-order chi connectivity index (χ0) is 10.9. The minimum Gasteiger partial charge on any atom is -0.465 e. The third-order valence-corrected chi connectivity index (χ3v) is 3.26. The number of esters is 1. The van der Waals surface area contributed by atoms with E-state index in [1.807, 2.05) is 0 Å². The van der Waals surface area contributed by atoms with Gasteiger partial charge in [0, 0.05) is 6.61 Å². The van der Waals surface area contributed by atoms with Crippen LogP contribution in [0, 0.1) is 5.41 Å². The second kappa shape index (κ2) is 3.73. The van der Waals surface area contributed by atoms with Gasteiger partial charge >= 0.3 is 5.97 Å². The van der Waals surface area contributed by atoms with Crippen molar-refractivity contribution in [2.75, 3.05) is 33.0 Å². The zero-order valence-corrected chi connectivity index (χ0v) is 8.82. The fourth-order valence-corrected chi connectivity index (χ4v) is 2.12. The Kier molecular flexibility index (Phi) is 2.70. The molecule has 2 aliphatic rings. The molecule has 1 N–H and O–H groups in total. The van der Waals surface area contributed by atoms with Crippen molar-refractivity contribution < 1.29 is 24.1 Å². The van der Waals surface area contributed by atoms with Crippen molar-refractivity contribution in [2.45, 2.75) is 18.9 Å². The summed E-state index contributed by atoms with van der Waals surface area (Å²) in [6.07, 6.45) is 0.506. The van der Waals surface area contributed by atoms with Crippen molar-refractivity contribution in [3.8, 4) is 0 Å². The SMILES string of the molecule is CCOC(=O)C1(C2(O)COC2)CCOC1. The molecule has 0 aromatic rings. The highest BCUT2D eigenvalue weighted by atomic mass is 16.6. The molecule has 86 valence electrons. The van der Waals surface area contributed by atoms with Crippen molar-refractivity contribution in [3.05, 3.63) is 0 Å². The van der Waals surface area contributed by atoms with E-state index in [0.717, 1.165) is 0 Å². The van der Waals surface area contributed by atoms with Gasteiger partial charge in [-0.3, -0.25) is 4.79 Å². The topological polar surface area (TPSA) is 65.0 Å². The second-order valence-corrected chi connectivity index (χ2v) is 4.13. The fraction of sp³-hybridized carbons (Fsp3) is 0.900. The van der Waals surface area contributed by atoms with Gasteiger partial charge in [0.25, 0.3) is 0 Å². The first-order valence-electron chi connectivity index (χ1n) is 5.20. The lowest BCUT2D eigenvalue weighted by Gasteiger charge is -2.47. The lowest BCUT2D eigenvalue weighted by Crippen LogP contribution is -2.65. The van der Waals surface area contributed by atoms with Crippen LogP contribution in [0.3, 0.4) is 0 Å². The van der Waals surface area contributed by atoms with Gasteiger partial charge in [-0.25, -0.2) is 0 Å². The van der Waals surface area contributed by atoms with E-state index in [0.29, 0.717) is 19.6 Å². The molecule has 0 radical (unpaired) electrons. The van der Waals surface area contributed by atoms with Crippen molar-refractivity contribution >= 4 is 5.97 Å². The molecule has 2 saturated heterocycles. The summed E-state index contributed by atoms with van der Waals surface area (Å²) in [5, 5.41) is 10.3. The standard InChI is InChI=1S/C10H16O5/c1-2-15-8(11)9(3-4-13-5-9)10(12)6-14-7-10/h12H,2-7H2,1H3. The summed E-state index contributed by atoms with van der Waals surface area (Å²) in [6, 6.07) is 0. The van der Waals surface area contributed by atoms with Crippen LogP contribution in [-0.4, -0.2) is 49.7 Å². The molecule has 15 heavy (non-hydrogen) atoms. The molecule has 5 heteroatoms. The summed E-state index contributed by atoms with van der Waals surface area (Å²) in [7, 11) is 0. The Bertz CT molecular complexity index is 253. The first kappa shape index (κ1) is 10.9. The quantitative estimate of drug-likeness (QED) is 0.657. The Balaban J connectivity index is 2.20. The summed E-state index contributed by atoms with van der Waals surface area (Å²) >= 11 is 0. The van der Waals surface area contributed by atoms with E-state index in [9.17, 15) is 9.90 Å². The minimum absolute atomic E-state index is 0.190. The van der Waals surface area contributed by atoms with Crippen LogP contribution in [-0.2, 0) is 19.0 Å². The predicted molar refractivity (Wildman–Crippen MR) is 50.3 cm³/mol. The highest BCUT2D eigenvalue weighted by Crippen LogP contribution is 2.44. The van der Waals surface area contributed by atoms with Gasteiger partial charge in [0.1, 0.15) is 11.0 Å². The van der Waals surface area contributed by atoms with Gasteiger partial charge in [-0.15, -0.1) is 0 Å². The van der Waals surface area contributed by atoms with Crippen molar-refractivity contribution in [2.24, 2.45) is 5.41 Å². The van der Waals surface area contributed by atoms with Gasteiger partial charge in [0.15, 0.2) is 0 Å². The first-order valence-corrected chi connectivity index (χ1v) is 5.20. The molecule has 0 aliphatic carbocycles. The molecular weight excluding hydrogens is 200 g/mol. The number of carbonyl (C=O) groups excluding carboxylic acids is 1. The Labute approximate surface area is 88.3 Å². The van der Waals surface area contributed by atoms with Crippen LogP contribution in [0.1, 0.15) is 13.3 Å². The van der Waals surface area contributed by atoms with Crippen molar-refractivity contribution in [1.82, 2.24) is 0 Å². The second-order valence-electron chi connectivity index (χ2n) is 4.13. The summed E-state index contributed by atoms with van der Waals surface area (Å²) in [5.41, 5.74) is -2.02. The third kappa shape index (κ3) is 1.46. The molecule has 0 saturated carbocycles.